The van der Waals surface area contributed by atoms with Gasteiger partial charge in [0.15, 0.2) is 0 Å². The van der Waals surface area contributed by atoms with Crippen LogP contribution in [0.3, 0.4) is 0 Å². The van der Waals surface area contributed by atoms with E-state index in [-0.39, 0.29) is 44.6 Å². The molecule has 450 valence electrons. The first-order valence-electron chi connectivity index (χ1n) is 26.9. The van der Waals surface area contributed by atoms with Gasteiger partial charge >= 0.3 is 11.9 Å². The van der Waals surface area contributed by atoms with Crippen LogP contribution in [0.4, 0.5) is 0 Å². The fourth-order valence-corrected chi connectivity index (χ4v) is 9.33. The molecule has 2 aromatic heterocycles. The molecule has 10 amide bonds. The van der Waals surface area contributed by atoms with Crippen molar-refractivity contribution in [1.29, 1.82) is 0 Å². The number of fused-ring (bicyclic) bond motifs is 2. The molecule has 0 saturated carbocycles. The Morgan fingerprint density at radius 2 is 1.04 bits per heavy atom. The van der Waals surface area contributed by atoms with Gasteiger partial charge in [-0.15, -0.1) is 0 Å². The monoisotopic (exact) mass is 1160 g/mol. The number of primary amides is 1. The van der Waals surface area contributed by atoms with E-state index in [1.54, 1.807) is 68.6 Å². The molecule has 0 radical (unpaired) electrons. The third kappa shape index (κ3) is 18.8. The largest absolute Gasteiger partial charge is 0.481 e. The van der Waals surface area contributed by atoms with Crippen molar-refractivity contribution in [2.24, 2.45) is 17.4 Å². The van der Waals surface area contributed by atoms with Crippen LogP contribution in [0.25, 0.3) is 21.8 Å². The number of aliphatic hydroxyl groups is 2. The molecule has 0 bridgehead atoms. The molecule has 1 saturated heterocycles. The normalized spacial score (nSPS) is 16.0. The lowest BCUT2D eigenvalue weighted by Crippen LogP contribution is -2.61. The van der Waals surface area contributed by atoms with Crippen LogP contribution in [0.2, 0.25) is 0 Å². The predicted octanol–water partition coefficient (Wildman–Crippen LogP) is -3.47. The smallest absolute Gasteiger partial charge is 0.326 e. The molecular weight excluding hydrogens is 1090 g/mol. The Bertz CT molecular complexity index is 3010. The van der Waals surface area contributed by atoms with Crippen molar-refractivity contribution in [3.05, 3.63) is 72.1 Å². The number of para-hydroxylation sites is 2. The number of carbonyl (C=O) groups is 12. The lowest BCUT2D eigenvalue weighted by atomic mass is 10.0. The van der Waals surface area contributed by atoms with Gasteiger partial charge in [0.1, 0.15) is 48.3 Å². The zero-order valence-corrected chi connectivity index (χ0v) is 46.0. The molecule has 5 rings (SSSR count). The number of likely N-dealkylation sites (tertiary alicyclic amines) is 1. The number of amides is 10. The number of H-pyrrole nitrogens is 2. The SMILES string of the molecule is CC(C)C[C@H](NC(=O)CNC(=O)[C@H](C)N)C(=O)N[C@@H](Cc1c[nH]c2ccccc12)C(=O)N[C@@H](CO)C(=O)N[C@@H](CCC(=O)O)C(=O)N[C@@H](Cc1c[nH]c2ccccc12)C(=O)N[C@@H](CO)C(=O)N[C@@H](CCC(N)=O)C(=O)N1CCC[C@H]1C(=O)O. The third-order valence-electron chi connectivity index (χ3n) is 13.7. The van der Waals surface area contributed by atoms with Crippen LogP contribution < -0.4 is 54.0 Å². The Labute approximate surface area is 475 Å². The zero-order valence-electron chi connectivity index (χ0n) is 46.0. The van der Waals surface area contributed by atoms with Crippen LogP contribution in [-0.2, 0) is 70.4 Å². The maximum Gasteiger partial charge on any atom is 0.326 e. The molecular formula is C54H73N13O16. The van der Waals surface area contributed by atoms with Crippen molar-refractivity contribution >= 4 is 92.8 Å². The van der Waals surface area contributed by atoms with Gasteiger partial charge in [-0.25, -0.2) is 4.79 Å². The van der Waals surface area contributed by atoms with E-state index in [9.17, 15) is 78.0 Å². The molecule has 4 aromatic rings. The van der Waals surface area contributed by atoms with Gasteiger partial charge < -0.3 is 89.3 Å². The van der Waals surface area contributed by atoms with Gasteiger partial charge in [-0.1, -0.05) is 50.2 Å². The summed E-state index contributed by atoms with van der Waals surface area (Å²) in [4.78, 5) is 167. The van der Waals surface area contributed by atoms with E-state index in [1.807, 2.05) is 0 Å². The minimum absolute atomic E-state index is 0.0215. The molecule has 0 spiro atoms. The van der Waals surface area contributed by atoms with E-state index in [1.165, 1.54) is 13.1 Å². The zero-order chi connectivity index (χ0) is 61.1. The number of hydrogen-bond donors (Lipinski definition) is 16. The van der Waals surface area contributed by atoms with E-state index in [0.717, 1.165) is 4.90 Å². The van der Waals surface area contributed by atoms with E-state index in [2.05, 4.69) is 52.5 Å². The number of carbonyl (C=O) groups excluding carboxylic acids is 10. The minimum Gasteiger partial charge on any atom is -0.481 e. The van der Waals surface area contributed by atoms with Gasteiger partial charge in [0.05, 0.1) is 25.8 Å². The molecule has 3 heterocycles. The third-order valence-corrected chi connectivity index (χ3v) is 13.7. The Morgan fingerprint density at radius 3 is 1.51 bits per heavy atom. The molecule has 0 unspecified atom stereocenters. The maximum atomic E-state index is 14.4. The number of nitrogens with zero attached hydrogens (tertiary/aromatic N) is 1. The summed E-state index contributed by atoms with van der Waals surface area (Å²) in [5.74, 6) is -12.5. The van der Waals surface area contributed by atoms with Crippen LogP contribution in [0.5, 0.6) is 0 Å². The second-order valence-electron chi connectivity index (χ2n) is 20.6. The van der Waals surface area contributed by atoms with Gasteiger partial charge in [-0.2, -0.15) is 0 Å². The van der Waals surface area contributed by atoms with Crippen LogP contribution >= 0.6 is 0 Å². The van der Waals surface area contributed by atoms with Crippen LogP contribution in [0.1, 0.15) is 76.8 Å². The first kappa shape index (κ1) is 64.9. The minimum atomic E-state index is -1.88. The van der Waals surface area contributed by atoms with E-state index >= 15 is 0 Å². The second-order valence-corrected chi connectivity index (χ2v) is 20.6. The molecule has 29 nitrogen and oxygen atoms in total. The van der Waals surface area contributed by atoms with Gasteiger partial charge in [0.2, 0.25) is 59.1 Å². The summed E-state index contributed by atoms with van der Waals surface area (Å²) in [5.41, 5.74) is 13.2. The number of aliphatic carboxylic acids is 2. The summed E-state index contributed by atoms with van der Waals surface area (Å²) in [7, 11) is 0. The Kier molecular flexibility index (Phi) is 24.0. The van der Waals surface area contributed by atoms with Crippen molar-refractivity contribution in [3.63, 3.8) is 0 Å². The van der Waals surface area contributed by atoms with E-state index < -0.39 is 164 Å². The summed E-state index contributed by atoms with van der Waals surface area (Å²) in [6.45, 7) is 2.27. The number of aromatic amines is 2. The number of benzene rings is 2. The van der Waals surface area contributed by atoms with Crippen LogP contribution in [0.15, 0.2) is 60.9 Å². The summed E-state index contributed by atoms with van der Waals surface area (Å²) in [5, 5.41) is 61.2. The molecule has 1 aliphatic rings. The number of hydrogen-bond acceptors (Lipinski definition) is 15. The number of nitrogens with two attached hydrogens (primary N) is 2. The topological polar surface area (TPSA) is 469 Å². The highest BCUT2D eigenvalue weighted by Gasteiger charge is 2.40. The van der Waals surface area contributed by atoms with Crippen molar-refractivity contribution in [2.75, 3.05) is 26.3 Å². The van der Waals surface area contributed by atoms with Gasteiger partial charge in [-0.3, -0.25) is 52.7 Å². The van der Waals surface area contributed by atoms with Crippen LogP contribution in [-0.4, -0.2) is 187 Å². The summed E-state index contributed by atoms with van der Waals surface area (Å²) < 4.78 is 0. The molecule has 1 aliphatic heterocycles. The average molecular weight is 1160 g/mol. The molecule has 1 fully saturated rings. The van der Waals surface area contributed by atoms with E-state index in [4.69, 9.17) is 11.5 Å². The molecule has 0 aliphatic carbocycles. The Morgan fingerprint density at radius 1 is 0.590 bits per heavy atom. The van der Waals surface area contributed by atoms with Crippen molar-refractivity contribution in [2.45, 2.75) is 133 Å². The first-order valence-corrected chi connectivity index (χ1v) is 26.9. The highest BCUT2D eigenvalue weighted by Crippen LogP contribution is 2.23. The second kappa shape index (κ2) is 30.7. The number of aromatic nitrogens is 2. The fourth-order valence-electron chi connectivity index (χ4n) is 9.33. The average Bonchev–Trinajstić information content (AvgIpc) is 4.45. The van der Waals surface area contributed by atoms with Crippen molar-refractivity contribution in [3.8, 4) is 0 Å². The standard InChI is InChI=1S/C54H73N13O16/c1-27(2)19-37(60-44(71)24-59-46(74)28(3)55)48(76)64-39(21-30-23-58-34-12-7-5-10-32(30)34)50(78)65-40(25-68)51(79)61-35(15-17-45(72)73)47(75)63-38(20-29-22-57-33-11-6-4-9-31(29)33)49(77)66-41(26-69)52(80)62-36(14-16-43(56)70)53(81)67-18-8-13-42(67)54(82)83/h4-7,9-12,22-23,27-28,35-42,57-58,68-69H,8,13-21,24-26,55H2,1-3H3,(H2,56,70)(H,59,74)(H,60,71)(H,61,79)(H,62,80)(H,63,75)(H,64,76)(H,65,78)(H,66,77)(H,72,73)(H,82,83)/t28-,35-,36-,37-,38-,39-,40-,41-,42-/m0/s1. The summed E-state index contributed by atoms with van der Waals surface area (Å²) >= 11 is 0. The van der Waals surface area contributed by atoms with Crippen LogP contribution in [0, 0.1) is 5.92 Å². The van der Waals surface area contributed by atoms with Gasteiger partial charge in [0, 0.05) is 66.4 Å². The van der Waals surface area contributed by atoms with E-state index in [0.29, 0.717) is 39.4 Å². The highest BCUT2D eigenvalue weighted by atomic mass is 16.4. The van der Waals surface area contributed by atoms with Gasteiger partial charge in [0.25, 0.3) is 0 Å². The quantitative estimate of drug-likeness (QED) is 0.0226. The molecule has 2 aromatic carbocycles. The first-order chi connectivity index (χ1) is 39.4. The molecule has 9 atom stereocenters. The number of aliphatic hydroxyl groups excluding tert-OH is 2. The Balaban J connectivity index is 1.39. The lowest BCUT2D eigenvalue weighted by Gasteiger charge is -2.29. The number of rotatable bonds is 32. The lowest BCUT2D eigenvalue weighted by molar-refractivity contribution is -0.149. The molecule has 83 heavy (non-hydrogen) atoms. The molecule has 18 N–H and O–H groups in total. The number of carboxylic acids is 2. The predicted molar refractivity (Wildman–Crippen MR) is 295 cm³/mol. The van der Waals surface area contributed by atoms with Crippen molar-refractivity contribution < 1.29 is 78.0 Å². The maximum absolute atomic E-state index is 14.4. The summed E-state index contributed by atoms with van der Waals surface area (Å²) in [6, 6.07) is 0.227. The fraction of sp³-hybridized carbons (Fsp3) is 0.481. The van der Waals surface area contributed by atoms with Crippen molar-refractivity contribution in [1.82, 2.24) is 57.4 Å². The van der Waals surface area contributed by atoms with Gasteiger partial charge in [-0.05, 0) is 68.2 Å². The molecule has 29 heteroatoms. The highest BCUT2D eigenvalue weighted by molar-refractivity contribution is 5.99. The Hall–Kier alpha value is -8.96. The number of carboxylic acid groups (broad SMARTS) is 2. The number of nitrogens with one attached hydrogen (secondary N) is 10. The summed E-state index contributed by atoms with van der Waals surface area (Å²) in [6.07, 6.45) is 0.938.